The van der Waals surface area contributed by atoms with E-state index in [4.69, 9.17) is 9.47 Å². The molecule has 2 N–H and O–H groups in total. The highest BCUT2D eigenvalue weighted by Crippen LogP contribution is 2.36. The number of rotatable bonds is 4. The van der Waals surface area contributed by atoms with Crippen LogP contribution in [0, 0.1) is 0 Å². The highest BCUT2D eigenvalue weighted by molar-refractivity contribution is 7.13. The van der Waals surface area contributed by atoms with Crippen molar-refractivity contribution in [2.75, 3.05) is 6.79 Å². The minimum absolute atomic E-state index is 0. The first-order valence-corrected chi connectivity index (χ1v) is 10.0. The van der Waals surface area contributed by atoms with E-state index in [1.54, 1.807) is 11.3 Å². The molecule has 0 saturated carbocycles. The molecule has 3 aliphatic rings. The molecule has 152 valence electrons. The van der Waals surface area contributed by atoms with Crippen LogP contribution in [-0.2, 0) is 11.2 Å². The van der Waals surface area contributed by atoms with Crippen LogP contribution in [0.5, 0.6) is 11.5 Å². The maximum Gasteiger partial charge on any atom is 0.231 e. The van der Waals surface area contributed by atoms with Crippen molar-refractivity contribution in [3.05, 3.63) is 29.3 Å². The summed E-state index contributed by atoms with van der Waals surface area (Å²) in [6.45, 7) is 0.264. The molecule has 28 heavy (non-hydrogen) atoms. The maximum absolute atomic E-state index is 12.4. The molecule has 2 saturated heterocycles. The Bertz CT molecular complexity index is 836. The number of benzene rings is 1. The van der Waals surface area contributed by atoms with Crippen LogP contribution in [0.15, 0.2) is 23.6 Å². The summed E-state index contributed by atoms with van der Waals surface area (Å²) in [7, 11) is 0. The maximum atomic E-state index is 12.4. The molecule has 4 heterocycles. The summed E-state index contributed by atoms with van der Waals surface area (Å²) < 4.78 is 10.8. The molecule has 0 spiro atoms. The SMILES string of the molecule is Cl.Cl.O=C(Cc1csc(-c2ccc3c(c2)OCO3)n1)NC1CC2CCC(C1)N2. The fourth-order valence-electron chi connectivity index (χ4n) is 4.17. The zero-order chi connectivity index (χ0) is 17.5. The number of nitrogens with one attached hydrogen (secondary N) is 2. The second kappa shape index (κ2) is 8.86. The lowest BCUT2D eigenvalue weighted by Crippen LogP contribution is -2.48. The van der Waals surface area contributed by atoms with E-state index >= 15 is 0 Å². The third-order valence-corrected chi connectivity index (χ3v) is 6.29. The Morgan fingerprint density at radius 3 is 2.71 bits per heavy atom. The van der Waals surface area contributed by atoms with Crippen molar-refractivity contribution >= 4 is 42.1 Å². The lowest BCUT2D eigenvalue weighted by Gasteiger charge is -2.29. The number of thiazole rings is 1. The van der Waals surface area contributed by atoms with Gasteiger partial charge in [0.2, 0.25) is 12.7 Å². The van der Waals surface area contributed by atoms with E-state index in [0.29, 0.717) is 24.5 Å². The normalized spacial score (nSPS) is 24.2. The van der Waals surface area contributed by atoms with E-state index in [1.807, 2.05) is 23.6 Å². The number of ether oxygens (including phenoxy) is 2. The third kappa shape index (κ3) is 4.38. The molecule has 0 aliphatic carbocycles. The van der Waals surface area contributed by atoms with Crippen molar-refractivity contribution in [2.45, 2.75) is 50.2 Å². The zero-order valence-corrected chi connectivity index (χ0v) is 17.6. The Hall–Kier alpha value is -1.54. The van der Waals surface area contributed by atoms with E-state index in [1.165, 1.54) is 12.8 Å². The van der Waals surface area contributed by atoms with Gasteiger partial charge >= 0.3 is 0 Å². The summed E-state index contributed by atoms with van der Waals surface area (Å²) in [4.78, 5) is 17.0. The standard InChI is InChI=1S/C19H21N3O3S.2ClH/c23-18(21-14-6-12-2-3-13(7-14)20-12)8-15-9-26-19(22-15)11-1-4-16-17(5-11)25-10-24-16;;/h1,4-5,9,12-14,20H,2-3,6-8,10H2,(H,21,23);2*1H. The van der Waals surface area contributed by atoms with Gasteiger partial charge in [-0.3, -0.25) is 4.79 Å². The molecule has 0 radical (unpaired) electrons. The first-order valence-electron chi connectivity index (χ1n) is 9.13. The van der Waals surface area contributed by atoms with Gasteiger partial charge in [-0.2, -0.15) is 0 Å². The molecule has 5 rings (SSSR count). The van der Waals surface area contributed by atoms with E-state index in [2.05, 4.69) is 15.6 Å². The summed E-state index contributed by atoms with van der Waals surface area (Å²) in [6, 6.07) is 7.27. The van der Waals surface area contributed by atoms with Gasteiger partial charge in [-0.25, -0.2) is 4.98 Å². The monoisotopic (exact) mass is 443 g/mol. The summed E-state index contributed by atoms with van der Waals surface area (Å²) in [5, 5.41) is 9.66. The van der Waals surface area contributed by atoms with E-state index in [-0.39, 0.29) is 37.5 Å². The van der Waals surface area contributed by atoms with Gasteiger partial charge in [0.15, 0.2) is 11.5 Å². The predicted molar refractivity (Wildman–Crippen MR) is 113 cm³/mol. The largest absolute Gasteiger partial charge is 0.454 e. The van der Waals surface area contributed by atoms with Crippen molar-refractivity contribution < 1.29 is 14.3 Å². The molecule has 2 aromatic rings. The lowest BCUT2D eigenvalue weighted by atomic mass is 9.99. The number of amides is 1. The number of hydrogen-bond acceptors (Lipinski definition) is 6. The fourth-order valence-corrected chi connectivity index (χ4v) is 4.99. The summed E-state index contributed by atoms with van der Waals surface area (Å²) in [5.74, 6) is 1.58. The average molecular weight is 444 g/mol. The van der Waals surface area contributed by atoms with Crippen molar-refractivity contribution in [2.24, 2.45) is 0 Å². The van der Waals surface area contributed by atoms with Gasteiger partial charge in [-0.1, -0.05) is 0 Å². The Kier molecular flexibility index (Phi) is 6.70. The molecule has 2 unspecified atom stereocenters. The zero-order valence-electron chi connectivity index (χ0n) is 15.2. The van der Waals surface area contributed by atoms with Gasteiger partial charge in [0.1, 0.15) is 5.01 Å². The number of piperidine rings is 1. The smallest absolute Gasteiger partial charge is 0.231 e. The Balaban J connectivity index is 0.00000112. The molecular formula is C19H23Cl2N3O3S. The lowest BCUT2D eigenvalue weighted by molar-refractivity contribution is -0.121. The van der Waals surface area contributed by atoms with Crippen molar-refractivity contribution in [1.29, 1.82) is 0 Å². The summed E-state index contributed by atoms with van der Waals surface area (Å²) in [5.41, 5.74) is 1.80. The highest BCUT2D eigenvalue weighted by atomic mass is 35.5. The molecule has 3 aliphatic heterocycles. The van der Waals surface area contributed by atoms with E-state index in [0.717, 1.165) is 40.6 Å². The van der Waals surface area contributed by atoms with Crippen LogP contribution < -0.4 is 20.1 Å². The molecule has 6 nitrogen and oxygen atoms in total. The Morgan fingerprint density at radius 2 is 1.93 bits per heavy atom. The molecule has 2 atom stereocenters. The van der Waals surface area contributed by atoms with Crippen LogP contribution in [0.25, 0.3) is 10.6 Å². The third-order valence-electron chi connectivity index (χ3n) is 5.35. The number of fused-ring (bicyclic) bond motifs is 3. The summed E-state index contributed by atoms with van der Waals surface area (Å²) in [6.07, 6.45) is 4.90. The quantitative estimate of drug-likeness (QED) is 0.757. The number of carbonyl (C=O) groups excluding carboxylic acids is 1. The van der Waals surface area contributed by atoms with Crippen LogP contribution in [0.1, 0.15) is 31.4 Å². The average Bonchev–Trinajstić information content (AvgIpc) is 3.34. The van der Waals surface area contributed by atoms with Gasteiger partial charge in [0.05, 0.1) is 12.1 Å². The van der Waals surface area contributed by atoms with Gasteiger partial charge in [0, 0.05) is 29.1 Å². The van der Waals surface area contributed by atoms with Crippen LogP contribution in [0.4, 0.5) is 0 Å². The van der Waals surface area contributed by atoms with E-state index in [9.17, 15) is 4.79 Å². The molecule has 1 amide bonds. The van der Waals surface area contributed by atoms with Crippen molar-refractivity contribution in [3.8, 4) is 22.1 Å². The van der Waals surface area contributed by atoms with Gasteiger partial charge < -0.3 is 20.1 Å². The second-order valence-electron chi connectivity index (χ2n) is 7.26. The van der Waals surface area contributed by atoms with Gasteiger partial charge in [0.25, 0.3) is 0 Å². The molecular weight excluding hydrogens is 421 g/mol. The van der Waals surface area contributed by atoms with Crippen LogP contribution in [0.2, 0.25) is 0 Å². The topological polar surface area (TPSA) is 72.5 Å². The number of carbonyl (C=O) groups is 1. The molecule has 1 aromatic carbocycles. The number of halogens is 2. The summed E-state index contributed by atoms with van der Waals surface area (Å²) >= 11 is 1.55. The van der Waals surface area contributed by atoms with Crippen LogP contribution in [-0.4, -0.2) is 35.8 Å². The molecule has 2 fully saturated rings. The Morgan fingerprint density at radius 1 is 1.18 bits per heavy atom. The predicted octanol–water partition coefficient (Wildman–Crippen LogP) is 3.32. The number of aromatic nitrogens is 1. The van der Waals surface area contributed by atoms with Crippen molar-refractivity contribution in [1.82, 2.24) is 15.6 Å². The first-order chi connectivity index (χ1) is 12.7. The minimum Gasteiger partial charge on any atom is -0.454 e. The van der Waals surface area contributed by atoms with Crippen LogP contribution >= 0.6 is 36.2 Å². The Labute approximate surface area is 180 Å². The molecule has 2 bridgehead atoms. The van der Waals surface area contributed by atoms with Gasteiger partial charge in [-0.15, -0.1) is 36.2 Å². The fraction of sp³-hybridized carbons (Fsp3) is 0.474. The molecule has 9 heteroatoms. The number of hydrogen-bond donors (Lipinski definition) is 2. The second-order valence-corrected chi connectivity index (χ2v) is 8.12. The van der Waals surface area contributed by atoms with Gasteiger partial charge in [-0.05, 0) is 43.9 Å². The van der Waals surface area contributed by atoms with Crippen LogP contribution in [0.3, 0.4) is 0 Å². The van der Waals surface area contributed by atoms with E-state index < -0.39 is 0 Å². The highest BCUT2D eigenvalue weighted by Gasteiger charge is 2.34. The minimum atomic E-state index is 0. The number of nitrogens with zero attached hydrogens (tertiary/aromatic N) is 1. The molecule has 1 aromatic heterocycles. The van der Waals surface area contributed by atoms with Crippen molar-refractivity contribution in [3.63, 3.8) is 0 Å². The first kappa shape index (κ1) is 21.2.